The highest BCUT2D eigenvalue weighted by Crippen LogP contribution is 2.24. The van der Waals surface area contributed by atoms with E-state index >= 15 is 0 Å². The van der Waals surface area contributed by atoms with Crippen molar-refractivity contribution in [2.75, 3.05) is 19.1 Å². The van der Waals surface area contributed by atoms with Gasteiger partial charge in [-0.1, -0.05) is 48.0 Å². The van der Waals surface area contributed by atoms with E-state index in [1.807, 2.05) is 49.4 Å². The number of nitrogens with zero attached hydrogens (tertiary/aromatic N) is 1. The summed E-state index contributed by atoms with van der Waals surface area (Å²) >= 11 is 6.15. The molecule has 0 saturated carbocycles. The lowest BCUT2D eigenvalue weighted by molar-refractivity contribution is 0.305. The third kappa shape index (κ3) is 8.33. The van der Waals surface area contributed by atoms with Crippen LogP contribution in [0.25, 0.3) is 0 Å². The maximum atomic E-state index is 11.3. The Bertz CT molecular complexity index is 932. The van der Waals surface area contributed by atoms with E-state index in [2.05, 4.69) is 15.6 Å². The van der Waals surface area contributed by atoms with Gasteiger partial charge in [-0.15, -0.1) is 0 Å². The van der Waals surface area contributed by atoms with E-state index in [1.54, 1.807) is 13.1 Å². The molecule has 8 heteroatoms. The fourth-order valence-corrected chi connectivity index (χ4v) is 3.63. The van der Waals surface area contributed by atoms with Gasteiger partial charge in [0.05, 0.1) is 10.8 Å². The number of hydrogen-bond acceptors (Lipinski definition) is 4. The molecule has 29 heavy (non-hydrogen) atoms. The van der Waals surface area contributed by atoms with Crippen molar-refractivity contribution in [1.82, 2.24) is 10.6 Å². The lowest BCUT2D eigenvalue weighted by Gasteiger charge is -2.18. The average molecular weight is 438 g/mol. The summed E-state index contributed by atoms with van der Waals surface area (Å²) in [5.74, 6) is 1.40. The number of ether oxygens (including phenoxy) is 1. The lowest BCUT2D eigenvalue weighted by atomic mass is 10.1. The molecule has 0 saturated heterocycles. The van der Waals surface area contributed by atoms with Gasteiger partial charge in [-0.25, -0.2) is 8.42 Å². The highest BCUT2D eigenvalue weighted by molar-refractivity contribution is 7.90. The van der Waals surface area contributed by atoms with Gasteiger partial charge >= 0.3 is 0 Å². The third-order valence-electron chi connectivity index (χ3n) is 4.31. The van der Waals surface area contributed by atoms with Gasteiger partial charge in [-0.3, -0.25) is 4.99 Å². The van der Waals surface area contributed by atoms with E-state index < -0.39 is 9.84 Å². The second-order valence-corrected chi connectivity index (χ2v) is 9.54. The predicted molar refractivity (Wildman–Crippen MR) is 119 cm³/mol. The fourth-order valence-electron chi connectivity index (χ4n) is 2.66. The van der Waals surface area contributed by atoms with E-state index in [-0.39, 0.29) is 11.8 Å². The molecule has 0 aliphatic heterocycles. The summed E-state index contributed by atoms with van der Waals surface area (Å²) in [7, 11) is -1.29. The number of rotatable bonds is 9. The molecule has 2 aromatic rings. The minimum absolute atomic E-state index is 0.0188. The highest BCUT2D eigenvalue weighted by Gasteiger charge is 2.10. The first kappa shape index (κ1) is 23.0. The smallest absolute Gasteiger partial charge is 0.191 e. The molecule has 0 heterocycles. The number of aliphatic imine (C=N–C) groups is 1. The van der Waals surface area contributed by atoms with Crippen molar-refractivity contribution in [3.05, 3.63) is 64.7 Å². The van der Waals surface area contributed by atoms with Crippen LogP contribution in [0.4, 0.5) is 0 Å². The summed E-state index contributed by atoms with van der Waals surface area (Å²) in [5.41, 5.74) is 2.12. The standard InChI is InChI=1S/C21H28ClN3O3S/c1-16(12-13-29(3,26)27)25-21(23-2)24-14-17-8-4-5-9-18(17)15-28-20-11-7-6-10-19(20)22/h4-11,16H,12-15H2,1-3H3,(H2,23,24,25). The fraction of sp³-hybridized carbons (Fsp3) is 0.381. The monoisotopic (exact) mass is 437 g/mol. The zero-order chi connectivity index (χ0) is 21.3. The van der Waals surface area contributed by atoms with Crippen LogP contribution in [-0.4, -0.2) is 39.5 Å². The second kappa shape index (κ2) is 11.1. The van der Waals surface area contributed by atoms with Crippen molar-refractivity contribution in [2.45, 2.75) is 32.5 Å². The van der Waals surface area contributed by atoms with E-state index in [0.29, 0.717) is 36.3 Å². The van der Waals surface area contributed by atoms with Crippen LogP contribution in [0.15, 0.2) is 53.5 Å². The van der Waals surface area contributed by atoms with Crippen LogP contribution in [0.1, 0.15) is 24.5 Å². The summed E-state index contributed by atoms with van der Waals surface area (Å²) in [4.78, 5) is 4.22. The van der Waals surface area contributed by atoms with Crippen LogP contribution in [0.2, 0.25) is 5.02 Å². The van der Waals surface area contributed by atoms with Gasteiger partial charge in [-0.2, -0.15) is 0 Å². The van der Waals surface area contributed by atoms with Crippen LogP contribution < -0.4 is 15.4 Å². The number of hydrogen-bond donors (Lipinski definition) is 2. The minimum Gasteiger partial charge on any atom is -0.487 e. The quantitative estimate of drug-likeness (QED) is 0.464. The Kier molecular flexibility index (Phi) is 8.79. The van der Waals surface area contributed by atoms with E-state index in [4.69, 9.17) is 16.3 Å². The van der Waals surface area contributed by atoms with Gasteiger partial charge in [0.2, 0.25) is 0 Å². The van der Waals surface area contributed by atoms with E-state index in [1.165, 1.54) is 6.26 Å². The molecule has 0 spiro atoms. The number of sulfone groups is 1. The van der Waals surface area contributed by atoms with E-state index in [0.717, 1.165) is 11.1 Å². The van der Waals surface area contributed by atoms with Gasteiger partial charge in [0.15, 0.2) is 5.96 Å². The highest BCUT2D eigenvalue weighted by atomic mass is 35.5. The van der Waals surface area contributed by atoms with Crippen LogP contribution in [0, 0.1) is 0 Å². The van der Waals surface area contributed by atoms with Crippen molar-refractivity contribution in [3.8, 4) is 5.75 Å². The van der Waals surface area contributed by atoms with Crippen molar-refractivity contribution < 1.29 is 13.2 Å². The molecule has 6 nitrogen and oxygen atoms in total. The SMILES string of the molecule is CN=C(NCc1ccccc1COc1ccccc1Cl)NC(C)CCS(C)(=O)=O. The number of para-hydroxylation sites is 1. The Morgan fingerprint density at radius 3 is 2.45 bits per heavy atom. The molecule has 0 aliphatic carbocycles. The summed E-state index contributed by atoms with van der Waals surface area (Å²) in [5, 5.41) is 7.07. The number of nitrogens with one attached hydrogen (secondary N) is 2. The summed E-state index contributed by atoms with van der Waals surface area (Å²) in [6, 6.07) is 15.3. The number of guanidine groups is 1. The Hall–Kier alpha value is -2.25. The Morgan fingerprint density at radius 1 is 1.14 bits per heavy atom. The largest absolute Gasteiger partial charge is 0.487 e. The summed E-state index contributed by atoms with van der Waals surface area (Å²) in [6.07, 6.45) is 1.76. The zero-order valence-electron chi connectivity index (χ0n) is 17.0. The molecular weight excluding hydrogens is 410 g/mol. The topological polar surface area (TPSA) is 79.8 Å². The molecule has 0 fully saturated rings. The lowest BCUT2D eigenvalue weighted by Crippen LogP contribution is -2.42. The van der Waals surface area contributed by atoms with Crippen molar-refractivity contribution in [1.29, 1.82) is 0 Å². The molecular formula is C21H28ClN3O3S. The van der Waals surface area contributed by atoms with Crippen molar-refractivity contribution >= 4 is 27.4 Å². The molecule has 1 atom stereocenters. The normalized spacial score (nSPS) is 13.0. The Balaban J connectivity index is 1.93. The molecule has 158 valence electrons. The van der Waals surface area contributed by atoms with Crippen LogP contribution in [0.5, 0.6) is 5.75 Å². The minimum atomic E-state index is -2.98. The maximum Gasteiger partial charge on any atom is 0.191 e. The van der Waals surface area contributed by atoms with Crippen molar-refractivity contribution in [2.24, 2.45) is 4.99 Å². The summed E-state index contributed by atoms with van der Waals surface area (Å²) in [6.45, 7) is 2.89. The zero-order valence-corrected chi connectivity index (χ0v) is 18.6. The third-order valence-corrected chi connectivity index (χ3v) is 5.60. The van der Waals surface area contributed by atoms with Gasteiger partial charge in [0, 0.05) is 25.9 Å². The van der Waals surface area contributed by atoms with Crippen LogP contribution >= 0.6 is 11.6 Å². The number of benzene rings is 2. The molecule has 2 aromatic carbocycles. The predicted octanol–water partition coefficient (Wildman–Crippen LogP) is 3.41. The number of halogens is 1. The molecule has 0 aliphatic rings. The molecule has 0 amide bonds. The first-order valence-electron chi connectivity index (χ1n) is 9.37. The van der Waals surface area contributed by atoms with Gasteiger partial charge in [-0.05, 0) is 36.6 Å². The van der Waals surface area contributed by atoms with Gasteiger partial charge in [0.25, 0.3) is 0 Å². The molecule has 0 bridgehead atoms. The summed E-state index contributed by atoms with van der Waals surface area (Å²) < 4.78 is 28.5. The van der Waals surface area contributed by atoms with Crippen LogP contribution in [0.3, 0.4) is 0 Å². The molecule has 2 N–H and O–H groups in total. The molecule has 0 aromatic heterocycles. The second-order valence-electron chi connectivity index (χ2n) is 6.88. The first-order chi connectivity index (χ1) is 13.8. The first-order valence-corrected chi connectivity index (χ1v) is 11.8. The van der Waals surface area contributed by atoms with Crippen molar-refractivity contribution in [3.63, 3.8) is 0 Å². The Labute approximate surface area is 178 Å². The Morgan fingerprint density at radius 2 is 1.79 bits per heavy atom. The van der Waals surface area contributed by atoms with E-state index in [9.17, 15) is 8.42 Å². The molecule has 2 rings (SSSR count). The maximum absolute atomic E-state index is 11.3. The molecule has 1 unspecified atom stereocenters. The average Bonchev–Trinajstić information content (AvgIpc) is 2.69. The van der Waals surface area contributed by atoms with Gasteiger partial charge in [0.1, 0.15) is 22.2 Å². The van der Waals surface area contributed by atoms with Crippen LogP contribution in [-0.2, 0) is 23.0 Å². The van der Waals surface area contributed by atoms with Gasteiger partial charge < -0.3 is 15.4 Å². The molecule has 0 radical (unpaired) electrons.